The molecule has 0 saturated heterocycles. The number of hydrogen-bond donors (Lipinski definition) is 0. The lowest BCUT2D eigenvalue weighted by Crippen LogP contribution is -1.96. The minimum atomic E-state index is 0.801. The summed E-state index contributed by atoms with van der Waals surface area (Å²) in [6.07, 6.45) is 3.84. The van der Waals surface area contributed by atoms with E-state index < -0.39 is 0 Å². The zero-order valence-corrected chi connectivity index (χ0v) is 13.2. The maximum Gasteiger partial charge on any atom is 0.126 e. The summed E-state index contributed by atoms with van der Waals surface area (Å²) in [7, 11) is 0. The second kappa shape index (κ2) is 5.45. The van der Waals surface area contributed by atoms with Gasteiger partial charge in [-0.15, -0.1) is 0 Å². The third-order valence-electron chi connectivity index (χ3n) is 3.87. The zero-order chi connectivity index (χ0) is 14.1. The Kier molecular flexibility index (Phi) is 3.66. The summed E-state index contributed by atoms with van der Waals surface area (Å²) >= 11 is 3.64. The Balaban J connectivity index is 1.96. The minimum Gasteiger partial charge on any atom is -0.493 e. The van der Waals surface area contributed by atoms with E-state index in [1.165, 1.54) is 22.3 Å². The quantitative estimate of drug-likeness (QED) is 0.776. The lowest BCUT2D eigenvalue weighted by Gasteiger charge is -2.12. The van der Waals surface area contributed by atoms with Crippen molar-refractivity contribution in [1.82, 2.24) is 0 Å². The van der Waals surface area contributed by atoms with Crippen LogP contribution in [0.25, 0.3) is 6.08 Å². The molecule has 0 bridgehead atoms. The second-order valence-electron chi connectivity index (χ2n) is 5.17. The molecule has 0 atom stereocenters. The molecule has 1 nitrogen and oxygen atoms in total. The summed E-state index contributed by atoms with van der Waals surface area (Å²) in [6, 6.07) is 10.8. The first-order valence-corrected chi connectivity index (χ1v) is 7.63. The Labute approximate surface area is 128 Å². The molecule has 0 N–H and O–H groups in total. The van der Waals surface area contributed by atoms with Gasteiger partial charge in [0.25, 0.3) is 0 Å². The fourth-order valence-corrected chi connectivity index (χ4v) is 3.16. The van der Waals surface area contributed by atoms with Crippen molar-refractivity contribution in [3.05, 3.63) is 69.2 Å². The smallest absolute Gasteiger partial charge is 0.126 e. The van der Waals surface area contributed by atoms with Gasteiger partial charge in [-0.3, -0.25) is 0 Å². The molecule has 3 rings (SSSR count). The van der Waals surface area contributed by atoms with Gasteiger partial charge in [0.2, 0.25) is 0 Å². The fraction of sp³-hybridized carbons (Fsp3) is 0.222. The molecule has 1 aliphatic heterocycles. The predicted molar refractivity (Wildman–Crippen MR) is 87.4 cm³/mol. The van der Waals surface area contributed by atoms with Crippen molar-refractivity contribution < 1.29 is 4.74 Å². The molecule has 0 unspecified atom stereocenters. The van der Waals surface area contributed by atoms with Gasteiger partial charge in [-0.05, 0) is 36.1 Å². The van der Waals surface area contributed by atoms with E-state index in [0.717, 1.165) is 35.2 Å². The van der Waals surface area contributed by atoms with Crippen LogP contribution in [0.3, 0.4) is 0 Å². The molecule has 0 amide bonds. The highest BCUT2D eigenvalue weighted by molar-refractivity contribution is 9.10. The van der Waals surface area contributed by atoms with Crippen molar-refractivity contribution in [1.29, 1.82) is 0 Å². The molecule has 0 radical (unpaired) electrons. The van der Waals surface area contributed by atoms with Crippen LogP contribution in [-0.2, 0) is 12.8 Å². The van der Waals surface area contributed by atoms with Crippen LogP contribution in [0, 0.1) is 6.92 Å². The summed E-state index contributed by atoms with van der Waals surface area (Å²) in [5.74, 6) is 1.08. The SMILES string of the molecule is C=Cc1ccc(Cc2cc(Br)c(C)c3c2CCO3)cc1. The molecular formula is C18H17BrO. The summed E-state index contributed by atoms with van der Waals surface area (Å²) in [4.78, 5) is 0. The van der Waals surface area contributed by atoms with Crippen LogP contribution in [0.15, 0.2) is 41.4 Å². The van der Waals surface area contributed by atoms with Crippen molar-refractivity contribution in [3.8, 4) is 5.75 Å². The fourth-order valence-electron chi connectivity index (χ4n) is 2.70. The molecular weight excluding hydrogens is 312 g/mol. The van der Waals surface area contributed by atoms with Crippen molar-refractivity contribution in [2.24, 2.45) is 0 Å². The topological polar surface area (TPSA) is 9.23 Å². The Hall–Kier alpha value is -1.54. The summed E-state index contributed by atoms with van der Waals surface area (Å²) in [6.45, 7) is 6.70. The number of fused-ring (bicyclic) bond motifs is 1. The third kappa shape index (κ3) is 2.40. The molecule has 0 fully saturated rings. The molecule has 0 aromatic heterocycles. The van der Waals surface area contributed by atoms with Gasteiger partial charge in [0.15, 0.2) is 0 Å². The molecule has 0 aliphatic carbocycles. The van der Waals surface area contributed by atoms with E-state index in [-0.39, 0.29) is 0 Å². The predicted octanol–water partition coefficient (Wildman–Crippen LogP) is 4.93. The lowest BCUT2D eigenvalue weighted by molar-refractivity contribution is 0.354. The molecule has 0 spiro atoms. The number of benzene rings is 2. The monoisotopic (exact) mass is 328 g/mol. The Morgan fingerprint density at radius 3 is 2.75 bits per heavy atom. The highest BCUT2D eigenvalue weighted by atomic mass is 79.9. The van der Waals surface area contributed by atoms with Crippen LogP contribution < -0.4 is 4.74 Å². The van der Waals surface area contributed by atoms with E-state index in [1.54, 1.807) is 0 Å². The first kappa shape index (κ1) is 13.4. The van der Waals surface area contributed by atoms with Crippen LogP contribution >= 0.6 is 15.9 Å². The van der Waals surface area contributed by atoms with E-state index in [2.05, 4.69) is 59.8 Å². The van der Waals surface area contributed by atoms with Gasteiger partial charge in [-0.2, -0.15) is 0 Å². The summed E-state index contributed by atoms with van der Waals surface area (Å²) in [5, 5.41) is 0. The van der Waals surface area contributed by atoms with Crippen molar-refractivity contribution in [2.45, 2.75) is 19.8 Å². The Morgan fingerprint density at radius 2 is 2.05 bits per heavy atom. The average molecular weight is 329 g/mol. The molecule has 20 heavy (non-hydrogen) atoms. The first-order chi connectivity index (χ1) is 9.69. The molecule has 2 aromatic carbocycles. The molecule has 102 valence electrons. The molecule has 2 heteroatoms. The van der Waals surface area contributed by atoms with Crippen molar-refractivity contribution >= 4 is 22.0 Å². The van der Waals surface area contributed by atoms with Gasteiger partial charge in [0.1, 0.15) is 5.75 Å². The Bertz CT molecular complexity index is 656. The first-order valence-electron chi connectivity index (χ1n) is 6.84. The zero-order valence-electron chi connectivity index (χ0n) is 11.6. The molecule has 2 aromatic rings. The van der Waals surface area contributed by atoms with E-state index in [9.17, 15) is 0 Å². The minimum absolute atomic E-state index is 0.801. The number of halogens is 1. The van der Waals surface area contributed by atoms with Crippen LogP contribution in [-0.4, -0.2) is 6.61 Å². The van der Waals surface area contributed by atoms with Crippen LogP contribution in [0.1, 0.15) is 27.8 Å². The maximum absolute atomic E-state index is 5.78. The van der Waals surface area contributed by atoms with E-state index in [4.69, 9.17) is 4.74 Å². The van der Waals surface area contributed by atoms with Gasteiger partial charge in [-0.25, -0.2) is 0 Å². The van der Waals surface area contributed by atoms with E-state index in [0.29, 0.717) is 0 Å². The van der Waals surface area contributed by atoms with E-state index >= 15 is 0 Å². The number of hydrogen-bond acceptors (Lipinski definition) is 1. The molecule has 1 aliphatic rings. The van der Waals surface area contributed by atoms with Crippen LogP contribution in [0.4, 0.5) is 0 Å². The highest BCUT2D eigenvalue weighted by Gasteiger charge is 2.20. The van der Waals surface area contributed by atoms with Gasteiger partial charge >= 0.3 is 0 Å². The second-order valence-corrected chi connectivity index (χ2v) is 6.03. The number of ether oxygens (including phenoxy) is 1. The largest absolute Gasteiger partial charge is 0.493 e. The van der Waals surface area contributed by atoms with Crippen LogP contribution in [0.5, 0.6) is 5.75 Å². The standard InChI is InChI=1S/C18H17BrO/c1-3-13-4-6-14(7-5-13)10-15-11-17(19)12(2)18-16(15)8-9-20-18/h3-7,11H,1,8-10H2,2H3. The normalized spacial score (nSPS) is 12.9. The molecule has 0 saturated carbocycles. The van der Waals surface area contributed by atoms with Gasteiger partial charge in [0.05, 0.1) is 6.61 Å². The maximum atomic E-state index is 5.78. The summed E-state index contributed by atoms with van der Waals surface area (Å²) in [5.41, 5.74) is 6.43. The van der Waals surface area contributed by atoms with Gasteiger partial charge in [0, 0.05) is 22.0 Å². The number of rotatable bonds is 3. The van der Waals surface area contributed by atoms with Crippen molar-refractivity contribution in [3.63, 3.8) is 0 Å². The molecule has 1 heterocycles. The van der Waals surface area contributed by atoms with Crippen LogP contribution in [0.2, 0.25) is 0 Å². The lowest BCUT2D eigenvalue weighted by atomic mass is 9.96. The summed E-state index contributed by atoms with van der Waals surface area (Å²) < 4.78 is 6.92. The van der Waals surface area contributed by atoms with E-state index in [1.807, 2.05) is 6.08 Å². The third-order valence-corrected chi connectivity index (χ3v) is 4.69. The Morgan fingerprint density at radius 1 is 1.30 bits per heavy atom. The van der Waals surface area contributed by atoms with Gasteiger partial charge in [-0.1, -0.05) is 52.9 Å². The van der Waals surface area contributed by atoms with Crippen molar-refractivity contribution in [2.75, 3.05) is 6.61 Å². The van der Waals surface area contributed by atoms with Gasteiger partial charge < -0.3 is 4.74 Å². The highest BCUT2D eigenvalue weighted by Crippen LogP contribution is 2.37. The average Bonchev–Trinajstić information content (AvgIpc) is 2.95.